The van der Waals surface area contributed by atoms with Crippen molar-refractivity contribution in [3.63, 3.8) is 0 Å². The summed E-state index contributed by atoms with van der Waals surface area (Å²) in [6.07, 6.45) is 0. The highest BCUT2D eigenvalue weighted by Crippen LogP contribution is 1.76. The maximum atomic E-state index is 10.8. The van der Waals surface area contributed by atoms with Gasteiger partial charge in [-0.25, -0.2) is 0 Å². The van der Waals surface area contributed by atoms with Crippen molar-refractivity contribution in [2.45, 2.75) is 11.3 Å². The Morgan fingerprint density at radius 3 is 1.88 bits per heavy atom. The van der Waals surface area contributed by atoms with E-state index in [1.807, 2.05) is 0 Å². The van der Waals surface area contributed by atoms with Crippen LogP contribution in [0, 0.1) is 0 Å². The van der Waals surface area contributed by atoms with Crippen molar-refractivity contribution >= 4 is 44.6 Å². The number of rotatable bonds is 4. The van der Waals surface area contributed by atoms with Crippen LogP contribution in [0.1, 0.15) is 0 Å². The van der Waals surface area contributed by atoms with Gasteiger partial charge < -0.3 is 4.79 Å². The quantitative estimate of drug-likeness (QED) is 0.418. The molecule has 0 atom stereocenters. The zero-order chi connectivity index (χ0) is 6.41. The van der Waals surface area contributed by atoms with Crippen LogP contribution in [0.5, 0.6) is 0 Å². The van der Waals surface area contributed by atoms with Gasteiger partial charge in [0.1, 0.15) is 0 Å². The van der Waals surface area contributed by atoms with E-state index in [1.165, 1.54) is 31.8 Å². The molecule has 0 aliphatic carbocycles. The SMILES string of the molecule is O=C([SiH2]C[SiH3])[SiH2]C[SiH3]. The molecule has 0 unspecified atom stereocenters. The molecule has 5 heteroatoms. The largest absolute Gasteiger partial charge is 0.312 e. The van der Waals surface area contributed by atoms with Gasteiger partial charge >= 0.3 is 0 Å². The predicted octanol–water partition coefficient (Wildman–Crippen LogP) is -3.07. The fourth-order valence-corrected chi connectivity index (χ4v) is 12.5. The van der Waals surface area contributed by atoms with E-state index in [1.54, 1.807) is 0 Å². The van der Waals surface area contributed by atoms with E-state index in [-0.39, 0.29) is 19.0 Å². The van der Waals surface area contributed by atoms with Crippen LogP contribution in [0.15, 0.2) is 0 Å². The first-order valence-corrected chi connectivity index (χ1v) is 9.57. The van der Waals surface area contributed by atoms with Crippen molar-refractivity contribution in [3.05, 3.63) is 0 Å². The molecule has 0 N–H and O–H groups in total. The van der Waals surface area contributed by atoms with Crippen LogP contribution >= 0.6 is 0 Å². The van der Waals surface area contributed by atoms with Gasteiger partial charge in [-0.1, -0.05) is 11.3 Å². The molecule has 8 heavy (non-hydrogen) atoms. The van der Waals surface area contributed by atoms with E-state index < -0.39 is 0 Å². The van der Waals surface area contributed by atoms with Gasteiger partial charge in [0.25, 0.3) is 0 Å². The molecular formula is C3H14OSi4. The fourth-order valence-electron chi connectivity index (χ4n) is 0.683. The summed E-state index contributed by atoms with van der Waals surface area (Å²) in [5.74, 6) is 0. The normalized spacial score (nSPS) is 13.0. The molecule has 0 bridgehead atoms. The number of carbonyl (C=O) groups is 1. The average Bonchev–Trinajstić information content (AvgIpc) is 1.68. The highest BCUT2D eigenvalue weighted by Gasteiger charge is 1.96. The summed E-state index contributed by atoms with van der Waals surface area (Å²) in [4.78, 5) is 10.8. The molecule has 0 heterocycles. The van der Waals surface area contributed by atoms with E-state index in [2.05, 4.69) is 0 Å². The van der Waals surface area contributed by atoms with E-state index in [4.69, 9.17) is 0 Å². The molecule has 0 amide bonds. The first-order chi connectivity index (χ1) is 3.81. The van der Waals surface area contributed by atoms with Crippen LogP contribution in [-0.2, 0) is 0 Å². The molecule has 0 saturated heterocycles. The van der Waals surface area contributed by atoms with Gasteiger partial charge in [-0.3, -0.25) is 0 Å². The van der Waals surface area contributed by atoms with Crippen LogP contribution in [0.2, 0.25) is 11.3 Å². The summed E-state index contributed by atoms with van der Waals surface area (Å²) >= 11 is 0. The van der Waals surface area contributed by atoms with Crippen molar-refractivity contribution in [3.8, 4) is 0 Å². The zero-order valence-corrected chi connectivity index (χ0v) is 12.6. The standard InChI is InChI=1S/C3H14OSi4/c4-3(7-1-5)8-2-6/h1-2,7-8H2,5-6H3. The summed E-state index contributed by atoms with van der Waals surface area (Å²) in [7, 11) is 2.22. The second-order valence-electron chi connectivity index (χ2n) is 2.04. The molecule has 0 radical (unpaired) electrons. The lowest BCUT2D eigenvalue weighted by Gasteiger charge is -1.89. The topological polar surface area (TPSA) is 17.1 Å². The number of hydrogen-bond donors (Lipinski definition) is 0. The molecule has 0 aromatic heterocycles. The van der Waals surface area contributed by atoms with E-state index >= 15 is 0 Å². The van der Waals surface area contributed by atoms with Crippen LogP contribution in [-0.4, -0.2) is 44.6 Å². The van der Waals surface area contributed by atoms with Crippen LogP contribution in [0.25, 0.3) is 0 Å². The Labute approximate surface area is 61.1 Å². The van der Waals surface area contributed by atoms with Crippen molar-refractivity contribution in [1.29, 1.82) is 0 Å². The summed E-state index contributed by atoms with van der Waals surface area (Å²) in [5, 5.41) is 0.759. The molecule has 0 fully saturated rings. The van der Waals surface area contributed by atoms with E-state index in [0.29, 0.717) is 0 Å². The van der Waals surface area contributed by atoms with Gasteiger partial charge in [-0.15, -0.1) is 0 Å². The summed E-state index contributed by atoms with van der Waals surface area (Å²) in [6.45, 7) is 0. The summed E-state index contributed by atoms with van der Waals surface area (Å²) < 4.78 is 0. The first-order valence-electron chi connectivity index (χ1n) is 3.33. The van der Waals surface area contributed by atoms with E-state index in [9.17, 15) is 4.79 Å². The molecular weight excluding hydrogens is 164 g/mol. The Morgan fingerprint density at radius 1 is 1.25 bits per heavy atom. The molecule has 1 nitrogen and oxygen atoms in total. The van der Waals surface area contributed by atoms with Gasteiger partial charge in [0, 0.05) is 0 Å². The van der Waals surface area contributed by atoms with Gasteiger partial charge in [0.05, 0.1) is 24.1 Å². The lowest BCUT2D eigenvalue weighted by atomic mass is 11.7. The Morgan fingerprint density at radius 2 is 1.62 bits per heavy atom. The van der Waals surface area contributed by atoms with Crippen molar-refractivity contribution in [1.82, 2.24) is 0 Å². The van der Waals surface area contributed by atoms with Crippen molar-refractivity contribution in [2.24, 2.45) is 0 Å². The zero-order valence-electron chi connectivity index (χ0n) is 5.74. The van der Waals surface area contributed by atoms with Gasteiger partial charge in [-0.2, -0.15) is 0 Å². The minimum atomic E-state index is -0.158. The van der Waals surface area contributed by atoms with Crippen LogP contribution in [0.3, 0.4) is 0 Å². The maximum Gasteiger partial charge on any atom is 0.0902 e. The maximum absolute atomic E-state index is 10.8. The minimum absolute atomic E-state index is 0.158. The third kappa shape index (κ3) is 4.69. The highest BCUT2D eigenvalue weighted by molar-refractivity contribution is 7.05. The highest BCUT2D eigenvalue weighted by atomic mass is 28.3. The lowest BCUT2D eigenvalue weighted by Crippen LogP contribution is -2.14. The third-order valence-corrected chi connectivity index (χ3v) is 8.29. The van der Waals surface area contributed by atoms with Crippen LogP contribution < -0.4 is 0 Å². The Hall–Kier alpha value is 0.538. The predicted molar refractivity (Wildman–Crippen MR) is 52.0 cm³/mol. The second kappa shape index (κ2) is 5.67. The van der Waals surface area contributed by atoms with Crippen molar-refractivity contribution in [2.75, 3.05) is 0 Å². The van der Waals surface area contributed by atoms with Gasteiger partial charge in [-0.05, 0) is 20.5 Å². The Balaban J connectivity index is 3.06. The second-order valence-corrected chi connectivity index (χ2v) is 13.6. The average molecular weight is 178 g/mol. The molecule has 0 saturated carbocycles. The smallest absolute Gasteiger partial charge is 0.0902 e. The summed E-state index contributed by atoms with van der Waals surface area (Å²) in [6, 6.07) is 0. The Kier molecular flexibility index (Phi) is 6.05. The molecule has 0 aromatic carbocycles. The molecule has 0 aliphatic heterocycles. The molecule has 48 valence electrons. The first kappa shape index (κ1) is 8.54. The minimum Gasteiger partial charge on any atom is -0.312 e. The molecule has 0 aromatic rings. The van der Waals surface area contributed by atoms with Gasteiger partial charge in [0.15, 0.2) is 0 Å². The number of hydrogen-bond acceptors (Lipinski definition) is 1. The number of carbonyl (C=O) groups excluding carboxylic acids is 1. The lowest BCUT2D eigenvalue weighted by molar-refractivity contribution is 0.274. The monoisotopic (exact) mass is 178 g/mol. The summed E-state index contributed by atoms with van der Waals surface area (Å²) in [5.41, 5.74) is 2.65. The Bertz CT molecular complexity index is 65.7. The third-order valence-electron chi connectivity index (χ3n) is 1.06. The molecule has 0 rings (SSSR count). The van der Waals surface area contributed by atoms with Crippen LogP contribution in [0.4, 0.5) is 4.79 Å². The van der Waals surface area contributed by atoms with Gasteiger partial charge in [0.2, 0.25) is 0 Å². The molecule has 0 aliphatic rings. The van der Waals surface area contributed by atoms with Crippen molar-refractivity contribution < 1.29 is 4.79 Å². The molecule has 0 spiro atoms. The fraction of sp³-hybridized carbons (Fsp3) is 0.667. The van der Waals surface area contributed by atoms with E-state index in [0.717, 1.165) is 5.03 Å².